The van der Waals surface area contributed by atoms with Gasteiger partial charge in [0, 0.05) is 20.1 Å². The Hall–Kier alpha value is -1.31. The molecule has 0 radical (unpaired) electrons. The molecule has 0 saturated carbocycles. The Kier molecular flexibility index (Phi) is 4.99. The number of aliphatic hydroxyl groups is 1. The van der Waals surface area contributed by atoms with Crippen LogP contribution in [0.5, 0.6) is 0 Å². The highest BCUT2D eigenvalue weighted by molar-refractivity contribution is 9.10. The molecule has 7 heteroatoms. The van der Waals surface area contributed by atoms with Gasteiger partial charge in [-0.05, 0) is 34.1 Å². The van der Waals surface area contributed by atoms with Crippen molar-refractivity contribution < 1.29 is 9.90 Å². The van der Waals surface area contributed by atoms with Crippen LogP contribution in [-0.2, 0) is 11.3 Å². The Bertz CT molecular complexity index is 673. The largest absolute Gasteiger partial charge is 0.379 e. The van der Waals surface area contributed by atoms with Crippen molar-refractivity contribution in [3.8, 4) is 0 Å². The summed E-state index contributed by atoms with van der Waals surface area (Å²) in [4.78, 5) is 17.4. The summed E-state index contributed by atoms with van der Waals surface area (Å²) >= 11 is 4.89. The number of hydrogen-bond acceptors (Lipinski definition) is 5. The molecule has 2 aromatic heterocycles. The fraction of sp³-hybridized carbons (Fsp3) is 0.400. The number of thiophene rings is 1. The average Bonchev–Trinajstić information content (AvgIpc) is 3.06. The number of ketones is 1. The molecule has 22 heavy (non-hydrogen) atoms. The molecule has 2 heterocycles. The van der Waals surface area contributed by atoms with Gasteiger partial charge in [0.25, 0.3) is 0 Å². The summed E-state index contributed by atoms with van der Waals surface area (Å²) in [5.41, 5.74) is -2.21. The van der Waals surface area contributed by atoms with Gasteiger partial charge in [0.2, 0.25) is 0 Å². The lowest BCUT2D eigenvalue weighted by molar-refractivity contribution is -0.147. The second-order valence-corrected chi connectivity index (χ2v) is 7.93. The lowest BCUT2D eigenvalue weighted by atomic mass is 9.73. The molecule has 1 unspecified atom stereocenters. The fourth-order valence-electron chi connectivity index (χ4n) is 1.94. The van der Waals surface area contributed by atoms with Gasteiger partial charge in [0.1, 0.15) is 12.7 Å². The summed E-state index contributed by atoms with van der Waals surface area (Å²) in [5, 5.41) is 16.9. The SMILES string of the molecule is CC(C)(C)C(O)(Cn1cncn1)C(=O)C=Cc1cc(Br)cs1. The Morgan fingerprint density at radius 3 is 2.73 bits per heavy atom. The van der Waals surface area contributed by atoms with Gasteiger partial charge in [-0.3, -0.25) is 4.79 Å². The molecule has 1 N–H and O–H groups in total. The van der Waals surface area contributed by atoms with Crippen molar-refractivity contribution >= 4 is 39.1 Å². The third kappa shape index (κ3) is 3.71. The van der Waals surface area contributed by atoms with Crippen molar-refractivity contribution in [2.45, 2.75) is 32.9 Å². The van der Waals surface area contributed by atoms with Crippen LogP contribution in [0.15, 0.2) is 34.6 Å². The van der Waals surface area contributed by atoms with Crippen molar-refractivity contribution in [2.24, 2.45) is 5.41 Å². The smallest absolute Gasteiger partial charge is 0.189 e. The number of halogens is 1. The third-order valence-electron chi connectivity index (χ3n) is 3.49. The molecule has 2 aromatic rings. The van der Waals surface area contributed by atoms with Crippen LogP contribution in [0.1, 0.15) is 25.6 Å². The van der Waals surface area contributed by atoms with Crippen LogP contribution in [-0.4, -0.2) is 31.3 Å². The van der Waals surface area contributed by atoms with Crippen LogP contribution in [0.4, 0.5) is 0 Å². The summed E-state index contributed by atoms with van der Waals surface area (Å²) < 4.78 is 2.44. The highest BCUT2D eigenvalue weighted by Crippen LogP contribution is 2.33. The van der Waals surface area contributed by atoms with E-state index in [9.17, 15) is 9.90 Å². The summed E-state index contributed by atoms with van der Waals surface area (Å²) in [5.74, 6) is -0.347. The number of carbonyl (C=O) groups is 1. The maximum absolute atomic E-state index is 12.6. The van der Waals surface area contributed by atoms with E-state index in [0.29, 0.717) is 0 Å². The van der Waals surface area contributed by atoms with E-state index in [1.54, 1.807) is 6.08 Å². The maximum atomic E-state index is 12.6. The molecule has 0 aromatic carbocycles. The second-order valence-electron chi connectivity index (χ2n) is 6.07. The van der Waals surface area contributed by atoms with Gasteiger partial charge >= 0.3 is 0 Å². The van der Waals surface area contributed by atoms with Gasteiger partial charge in [-0.2, -0.15) is 5.10 Å². The zero-order valence-electron chi connectivity index (χ0n) is 12.7. The third-order valence-corrected chi connectivity index (χ3v) is 5.15. The van der Waals surface area contributed by atoms with E-state index in [4.69, 9.17) is 0 Å². The number of aromatic nitrogens is 3. The molecule has 0 aliphatic heterocycles. The average molecular weight is 384 g/mol. The van der Waals surface area contributed by atoms with Crippen LogP contribution in [0, 0.1) is 5.41 Å². The molecule has 2 rings (SSSR count). The number of rotatable bonds is 5. The molecular weight excluding hydrogens is 366 g/mol. The first-order chi connectivity index (χ1) is 10.2. The number of hydrogen-bond donors (Lipinski definition) is 1. The van der Waals surface area contributed by atoms with Crippen LogP contribution < -0.4 is 0 Å². The van der Waals surface area contributed by atoms with Gasteiger partial charge < -0.3 is 5.11 Å². The number of nitrogens with zero attached hydrogens (tertiary/aromatic N) is 3. The van der Waals surface area contributed by atoms with Gasteiger partial charge in [-0.25, -0.2) is 9.67 Å². The normalized spacial score (nSPS) is 15.1. The van der Waals surface area contributed by atoms with Gasteiger partial charge in [-0.15, -0.1) is 11.3 Å². The van der Waals surface area contributed by atoms with Crippen molar-refractivity contribution in [1.29, 1.82) is 0 Å². The van der Waals surface area contributed by atoms with E-state index in [1.807, 2.05) is 32.2 Å². The minimum atomic E-state index is -1.56. The predicted molar refractivity (Wildman–Crippen MR) is 90.5 cm³/mol. The Morgan fingerprint density at radius 2 is 2.23 bits per heavy atom. The maximum Gasteiger partial charge on any atom is 0.189 e. The molecule has 0 aliphatic carbocycles. The summed E-state index contributed by atoms with van der Waals surface area (Å²) in [6.07, 6.45) is 6.02. The zero-order valence-corrected chi connectivity index (χ0v) is 15.1. The van der Waals surface area contributed by atoms with Crippen LogP contribution >= 0.6 is 27.3 Å². The quantitative estimate of drug-likeness (QED) is 0.805. The lowest BCUT2D eigenvalue weighted by Gasteiger charge is -2.37. The highest BCUT2D eigenvalue weighted by Gasteiger charge is 2.46. The van der Waals surface area contributed by atoms with Gasteiger partial charge in [0.05, 0.1) is 6.54 Å². The van der Waals surface area contributed by atoms with Gasteiger partial charge in [-0.1, -0.05) is 20.8 Å². The molecule has 0 saturated heterocycles. The van der Waals surface area contributed by atoms with Gasteiger partial charge in [0.15, 0.2) is 11.4 Å². The summed E-state index contributed by atoms with van der Waals surface area (Å²) in [6.45, 7) is 5.56. The Morgan fingerprint density at radius 1 is 1.50 bits per heavy atom. The van der Waals surface area contributed by atoms with Crippen LogP contribution in [0.2, 0.25) is 0 Å². The molecule has 118 valence electrons. The van der Waals surface area contributed by atoms with E-state index in [2.05, 4.69) is 26.0 Å². The molecule has 0 fully saturated rings. The zero-order chi connectivity index (χ0) is 16.4. The topological polar surface area (TPSA) is 68.0 Å². The monoisotopic (exact) mass is 383 g/mol. The number of carbonyl (C=O) groups excluding carboxylic acids is 1. The molecular formula is C15H18BrN3O2S. The van der Waals surface area contributed by atoms with E-state index in [0.717, 1.165) is 9.35 Å². The predicted octanol–water partition coefficient (Wildman–Crippen LogP) is 3.16. The first kappa shape index (κ1) is 17.1. The second kappa shape index (κ2) is 6.44. The summed E-state index contributed by atoms with van der Waals surface area (Å²) in [7, 11) is 0. The van der Waals surface area contributed by atoms with Crippen LogP contribution in [0.3, 0.4) is 0 Å². The van der Waals surface area contributed by atoms with Crippen molar-refractivity contribution in [3.05, 3.63) is 39.5 Å². The van der Waals surface area contributed by atoms with Crippen molar-refractivity contribution in [1.82, 2.24) is 14.8 Å². The highest BCUT2D eigenvalue weighted by atomic mass is 79.9. The lowest BCUT2D eigenvalue weighted by Crippen LogP contribution is -2.52. The summed E-state index contributed by atoms with van der Waals surface area (Å²) in [6, 6.07) is 1.92. The van der Waals surface area contributed by atoms with E-state index >= 15 is 0 Å². The molecule has 0 spiro atoms. The minimum absolute atomic E-state index is 0.0633. The van der Waals surface area contributed by atoms with E-state index < -0.39 is 11.0 Å². The standard InChI is InChI=1S/C15H18BrN3O2S/c1-14(2,3)15(21,8-19-10-17-9-18-19)13(20)5-4-12-6-11(16)7-22-12/h4-7,9-10,21H,8H2,1-3H3. The fourth-order valence-corrected chi connectivity index (χ4v) is 3.28. The van der Waals surface area contributed by atoms with E-state index in [-0.39, 0.29) is 12.3 Å². The van der Waals surface area contributed by atoms with Crippen LogP contribution in [0.25, 0.3) is 6.08 Å². The van der Waals surface area contributed by atoms with E-state index in [1.165, 1.54) is 34.7 Å². The molecule has 0 aliphatic rings. The Labute approximate surface area is 141 Å². The molecule has 0 amide bonds. The molecule has 0 bridgehead atoms. The minimum Gasteiger partial charge on any atom is -0.379 e. The Balaban J connectivity index is 2.25. The van der Waals surface area contributed by atoms with Crippen molar-refractivity contribution in [3.63, 3.8) is 0 Å². The molecule has 5 nitrogen and oxygen atoms in total. The first-order valence-corrected chi connectivity index (χ1v) is 8.41. The van der Waals surface area contributed by atoms with Crippen molar-refractivity contribution in [2.75, 3.05) is 0 Å². The first-order valence-electron chi connectivity index (χ1n) is 6.74. The molecule has 1 atom stereocenters.